The topological polar surface area (TPSA) is 107 Å². The number of H-pyrrole nitrogens is 1. The van der Waals surface area contributed by atoms with Crippen LogP contribution in [-0.4, -0.2) is 43.7 Å². The maximum atomic E-state index is 12.3. The quantitative estimate of drug-likeness (QED) is 0.721. The summed E-state index contributed by atoms with van der Waals surface area (Å²) >= 11 is 0. The zero-order valence-electron chi connectivity index (χ0n) is 15.7. The van der Waals surface area contributed by atoms with Crippen LogP contribution in [0.1, 0.15) is 39.0 Å². The summed E-state index contributed by atoms with van der Waals surface area (Å²) in [5.41, 5.74) is 1.96. The summed E-state index contributed by atoms with van der Waals surface area (Å²) in [5, 5.41) is 2.61. The first-order valence-electron chi connectivity index (χ1n) is 8.32. The number of aromatic nitrogens is 1. The first-order chi connectivity index (χ1) is 12.9. The molecule has 0 unspecified atom stereocenters. The Morgan fingerprint density at radius 1 is 1.15 bits per heavy atom. The fourth-order valence-electron chi connectivity index (χ4n) is 2.61. The molecule has 0 atom stereocenters. The van der Waals surface area contributed by atoms with E-state index < -0.39 is 24.5 Å². The molecule has 0 aliphatic heterocycles. The molecular weight excluding hydrogens is 352 g/mol. The van der Waals surface area contributed by atoms with Gasteiger partial charge in [-0.25, -0.2) is 9.59 Å². The van der Waals surface area contributed by atoms with E-state index in [4.69, 9.17) is 14.2 Å². The van der Waals surface area contributed by atoms with Crippen LogP contribution in [0.4, 0.5) is 5.69 Å². The molecule has 0 bridgehead atoms. The molecule has 0 radical (unpaired) electrons. The van der Waals surface area contributed by atoms with Crippen LogP contribution in [0.2, 0.25) is 0 Å². The molecule has 2 N–H and O–H groups in total. The van der Waals surface area contributed by atoms with Crippen LogP contribution in [0, 0.1) is 6.92 Å². The Hall–Kier alpha value is -3.29. The molecule has 0 aliphatic carbocycles. The van der Waals surface area contributed by atoms with E-state index in [1.54, 1.807) is 31.2 Å². The van der Waals surface area contributed by atoms with Gasteiger partial charge in [-0.15, -0.1) is 0 Å². The van der Waals surface area contributed by atoms with E-state index in [9.17, 15) is 14.4 Å². The van der Waals surface area contributed by atoms with Crippen LogP contribution >= 0.6 is 0 Å². The average molecular weight is 374 g/mol. The maximum Gasteiger partial charge on any atom is 0.355 e. The summed E-state index contributed by atoms with van der Waals surface area (Å²) in [6, 6.07) is 6.80. The molecule has 0 spiro atoms. The van der Waals surface area contributed by atoms with Gasteiger partial charge in [0.25, 0.3) is 5.91 Å². The van der Waals surface area contributed by atoms with Crippen molar-refractivity contribution >= 4 is 23.5 Å². The number of nitrogens with one attached hydrogen (secondary N) is 2. The third-order valence-corrected chi connectivity index (χ3v) is 3.96. The Labute approximate surface area is 156 Å². The number of hydrogen-bond acceptors (Lipinski definition) is 6. The van der Waals surface area contributed by atoms with Crippen molar-refractivity contribution in [2.45, 2.75) is 20.3 Å². The van der Waals surface area contributed by atoms with Gasteiger partial charge in [-0.1, -0.05) is 13.0 Å². The number of esters is 2. The van der Waals surface area contributed by atoms with Crippen LogP contribution < -0.4 is 10.1 Å². The lowest BCUT2D eigenvalue weighted by molar-refractivity contribution is -0.119. The Kier molecular flexibility index (Phi) is 6.59. The monoisotopic (exact) mass is 374 g/mol. The lowest BCUT2D eigenvalue weighted by atomic mass is 10.1. The third kappa shape index (κ3) is 4.66. The fraction of sp³-hybridized carbons (Fsp3) is 0.316. The third-order valence-electron chi connectivity index (χ3n) is 3.96. The van der Waals surface area contributed by atoms with Crippen molar-refractivity contribution in [1.29, 1.82) is 0 Å². The normalized spacial score (nSPS) is 10.2. The van der Waals surface area contributed by atoms with Gasteiger partial charge >= 0.3 is 11.9 Å². The summed E-state index contributed by atoms with van der Waals surface area (Å²) in [7, 11) is 2.80. The summed E-state index contributed by atoms with van der Waals surface area (Å²) in [6.07, 6.45) is 0.509. The van der Waals surface area contributed by atoms with Crippen LogP contribution in [0.5, 0.6) is 5.75 Å². The number of aromatic amines is 1. The molecule has 1 aromatic heterocycles. The van der Waals surface area contributed by atoms with Gasteiger partial charge in [0, 0.05) is 17.4 Å². The van der Waals surface area contributed by atoms with Crippen molar-refractivity contribution in [3.05, 3.63) is 46.8 Å². The Bertz CT molecular complexity index is 856. The van der Waals surface area contributed by atoms with Gasteiger partial charge < -0.3 is 24.5 Å². The average Bonchev–Trinajstić information content (AvgIpc) is 3.02. The highest BCUT2D eigenvalue weighted by Gasteiger charge is 2.24. The first kappa shape index (κ1) is 20.0. The second-order valence-corrected chi connectivity index (χ2v) is 5.68. The van der Waals surface area contributed by atoms with Gasteiger partial charge in [0.05, 0.1) is 19.8 Å². The van der Waals surface area contributed by atoms with Crippen molar-refractivity contribution in [1.82, 2.24) is 4.98 Å². The van der Waals surface area contributed by atoms with Crippen molar-refractivity contribution in [3.8, 4) is 5.75 Å². The van der Waals surface area contributed by atoms with E-state index in [1.807, 2.05) is 6.92 Å². The number of ether oxygens (including phenoxy) is 3. The number of amides is 1. The van der Waals surface area contributed by atoms with Crippen LogP contribution in [0.15, 0.2) is 24.3 Å². The number of carbonyl (C=O) groups excluding carboxylic acids is 3. The molecule has 8 nitrogen and oxygen atoms in total. The molecule has 8 heteroatoms. The second-order valence-electron chi connectivity index (χ2n) is 5.68. The predicted molar refractivity (Wildman–Crippen MR) is 98.2 cm³/mol. The van der Waals surface area contributed by atoms with Crippen molar-refractivity contribution < 1.29 is 28.6 Å². The highest BCUT2D eigenvalue weighted by Crippen LogP contribution is 2.21. The SMILES string of the molecule is CCc1[nH]c(C(=O)OCC(=O)Nc2cccc(OC)c2)c(C)c1C(=O)OC. The summed E-state index contributed by atoms with van der Waals surface area (Å²) in [5.74, 6) is -1.16. The van der Waals surface area contributed by atoms with Crippen LogP contribution in [-0.2, 0) is 20.7 Å². The van der Waals surface area contributed by atoms with E-state index >= 15 is 0 Å². The van der Waals surface area contributed by atoms with Gasteiger partial charge in [0.1, 0.15) is 11.4 Å². The first-order valence-corrected chi connectivity index (χ1v) is 8.32. The second kappa shape index (κ2) is 8.88. The number of hydrogen-bond donors (Lipinski definition) is 2. The molecule has 2 aromatic rings. The van der Waals surface area contributed by atoms with Gasteiger partial charge in [-0.05, 0) is 31.0 Å². The van der Waals surface area contributed by atoms with E-state index in [2.05, 4.69) is 10.3 Å². The number of methoxy groups -OCH3 is 2. The van der Waals surface area contributed by atoms with E-state index in [0.29, 0.717) is 34.7 Å². The molecule has 0 aliphatic rings. The summed E-state index contributed by atoms with van der Waals surface area (Å²) < 4.78 is 14.9. The number of benzene rings is 1. The molecule has 0 saturated carbocycles. The largest absolute Gasteiger partial charge is 0.497 e. The minimum Gasteiger partial charge on any atom is -0.497 e. The predicted octanol–water partition coefficient (Wildman–Crippen LogP) is 2.48. The Morgan fingerprint density at radius 3 is 2.52 bits per heavy atom. The van der Waals surface area contributed by atoms with Crippen LogP contribution in [0.3, 0.4) is 0 Å². The van der Waals surface area contributed by atoms with E-state index in [-0.39, 0.29) is 5.69 Å². The van der Waals surface area contributed by atoms with Gasteiger partial charge in [-0.3, -0.25) is 4.79 Å². The highest BCUT2D eigenvalue weighted by molar-refractivity contribution is 5.99. The molecule has 0 saturated heterocycles. The minimum absolute atomic E-state index is 0.126. The minimum atomic E-state index is -0.724. The van der Waals surface area contributed by atoms with Gasteiger partial charge in [0.2, 0.25) is 0 Å². The van der Waals surface area contributed by atoms with E-state index in [1.165, 1.54) is 14.2 Å². The lowest BCUT2D eigenvalue weighted by Crippen LogP contribution is -2.21. The molecule has 1 heterocycles. The highest BCUT2D eigenvalue weighted by atomic mass is 16.5. The van der Waals surface area contributed by atoms with Gasteiger partial charge in [-0.2, -0.15) is 0 Å². The molecule has 27 heavy (non-hydrogen) atoms. The number of anilines is 1. The van der Waals surface area contributed by atoms with Crippen LogP contribution in [0.25, 0.3) is 0 Å². The zero-order valence-corrected chi connectivity index (χ0v) is 15.7. The standard InChI is InChI=1S/C19H22N2O6/c1-5-14-16(18(23)26-4)11(2)17(21-14)19(24)27-10-15(22)20-12-7-6-8-13(9-12)25-3/h6-9,21H,5,10H2,1-4H3,(H,20,22). The zero-order chi connectivity index (χ0) is 20.0. The number of rotatable bonds is 7. The molecule has 144 valence electrons. The maximum absolute atomic E-state index is 12.3. The number of aryl methyl sites for hydroxylation is 1. The molecule has 0 fully saturated rings. The smallest absolute Gasteiger partial charge is 0.355 e. The van der Waals surface area contributed by atoms with Crippen molar-refractivity contribution in [2.75, 3.05) is 26.1 Å². The summed E-state index contributed by atoms with van der Waals surface area (Å²) in [4.78, 5) is 39.1. The molecule has 1 aromatic carbocycles. The fourth-order valence-corrected chi connectivity index (χ4v) is 2.61. The Balaban J connectivity index is 2.04. The molecule has 2 rings (SSSR count). The molecule has 1 amide bonds. The van der Waals surface area contributed by atoms with E-state index in [0.717, 1.165) is 0 Å². The van der Waals surface area contributed by atoms with Gasteiger partial charge in [0.15, 0.2) is 6.61 Å². The summed E-state index contributed by atoms with van der Waals surface area (Å²) in [6.45, 7) is 2.99. The Morgan fingerprint density at radius 2 is 1.89 bits per heavy atom. The number of carbonyl (C=O) groups is 3. The molecular formula is C19H22N2O6. The lowest BCUT2D eigenvalue weighted by Gasteiger charge is -2.08. The van der Waals surface area contributed by atoms with Crippen molar-refractivity contribution in [3.63, 3.8) is 0 Å². The van der Waals surface area contributed by atoms with Crippen molar-refractivity contribution in [2.24, 2.45) is 0 Å².